The molecule has 106 valence electrons. The molecular formula is C11H14N6O3. The number of anilines is 1. The van der Waals surface area contributed by atoms with Crippen molar-refractivity contribution in [2.45, 2.75) is 30.7 Å². The highest BCUT2D eigenvalue weighted by Crippen LogP contribution is 2.33. The van der Waals surface area contributed by atoms with Gasteiger partial charge in [0.15, 0.2) is 11.5 Å². The molecule has 0 saturated heterocycles. The maximum atomic E-state index is 10.5. The van der Waals surface area contributed by atoms with Crippen LogP contribution < -0.4 is 11.1 Å². The fraction of sp³-hybridized carbons (Fsp3) is 0.455. The van der Waals surface area contributed by atoms with Crippen LogP contribution in [0.25, 0.3) is 11.2 Å². The Bertz CT molecular complexity index is 644. The highest BCUT2D eigenvalue weighted by molar-refractivity contribution is 5.81. The zero-order chi connectivity index (χ0) is 14.3. The summed E-state index contributed by atoms with van der Waals surface area (Å²) >= 11 is 0. The number of aliphatic hydroxyl groups excluding tert-OH is 2. The van der Waals surface area contributed by atoms with E-state index in [1.54, 1.807) is 4.57 Å². The largest absolute Gasteiger partial charge is 0.388 e. The van der Waals surface area contributed by atoms with E-state index in [2.05, 4.69) is 20.3 Å². The number of nitrogens with one attached hydrogen (secondary N) is 1. The van der Waals surface area contributed by atoms with Crippen molar-refractivity contribution in [1.82, 2.24) is 24.8 Å². The Kier molecular flexibility index (Phi) is 2.99. The molecule has 1 saturated carbocycles. The molecule has 1 aliphatic carbocycles. The number of carbonyl (C=O) groups is 1. The van der Waals surface area contributed by atoms with Gasteiger partial charge in [-0.2, -0.15) is 0 Å². The number of aliphatic hydroxyl groups is 2. The van der Waals surface area contributed by atoms with Crippen molar-refractivity contribution >= 4 is 23.4 Å². The van der Waals surface area contributed by atoms with Gasteiger partial charge in [0.05, 0.1) is 18.4 Å². The number of imidazole rings is 1. The Labute approximate surface area is 113 Å². The Balaban J connectivity index is 1.99. The average molecular weight is 278 g/mol. The minimum atomic E-state index is -1.04. The number of aromatic nitrogens is 4. The van der Waals surface area contributed by atoms with Crippen LogP contribution >= 0.6 is 0 Å². The van der Waals surface area contributed by atoms with Crippen LogP contribution in [0, 0.1) is 0 Å². The predicted octanol–water partition coefficient (Wildman–Crippen LogP) is -1.81. The van der Waals surface area contributed by atoms with Crippen molar-refractivity contribution < 1.29 is 15.0 Å². The smallest absolute Gasteiger partial charge is 0.207 e. The number of carbonyl (C=O) groups excluding carboxylic acids is 1. The van der Waals surface area contributed by atoms with Gasteiger partial charge >= 0.3 is 0 Å². The van der Waals surface area contributed by atoms with Gasteiger partial charge in [-0.1, -0.05) is 0 Å². The quantitative estimate of drug-likeness (QED) is 0.485. The van der Waals surface area contributed by atoms with Gasteiger partial charge in [0.25, 0.3) is 0 Å². The summed E-state index contributed by atoms with van der Waals surface area (Å²) in [5.74, 6) is 0.254. The number of nitrogens with zero attached hydrogens (tertiary/aromatic N) is 4. The molecule has 1 fully saturated rings. The molecule has 0 aromatic carbocycles. The fourth-order valence-corrected chi connectivity index (χ4v) is 2.65. The average Bonchev–Trinajstić information content (AvgIpc) is 2.97. The normalized spacial score (nSPS) is 29.7. The minimum absolute atomic E-state index is 0.254. The second-order valence-electron chi connectivity index (χ2n) is 4.76. The molecule has 9 nitrogen and oxygen atoms in total. The van der Waals surface area contributed by atoms with Crippen LogP contribution in [-0.2, 0) is 4.79 Å². The first-order chi connectivity index (χ1) is 9.63. The molecular weight excluding hydrogens is 264 g/mol. The first-order valence-electron chi connectivity index (χ1n) is 6.12. The fourth-order valence-electron chi connectivity index (χ4n) is 2.65. The van der Waals surface area contributed by atoms with Gasteiger partial charge in [-0.15, -0.1) is 0 Å². The Hall–Kier alpha value is -2.26. The number of amides is 1. The van der Waals surface area contributed by atoms with Crippen LogP contribution in [0.5, 0.6) is 0 Å². The number of hydrogen-bond donors (Lipinski definition) is 4. The Morgan fingerprint density at radius 3 is 2.90 bits per heavy atom. The molecule has 1 amide bonds. The van der Waals surface area contributed by atoms with E-state index in [1.165, 1.54) is 12.7 Å². The van der Waals surface area contributed by atoms with E-state index in [1.807, 2.05) is 0 Å². The van der Waals surface area contributed by atoms with Crippen molar-refractivity contribution in [1.29, 1.82) is 0 Å². The van der Waals surface area contributed by atoms with Gasteiger partial charge in [-0.05, 0) is 6.42 Å². The van der Waals surface area contributed by atoms with Crippen LogP contribution in [0.3, 0.4) is 0 Å². The topological polar surface area (TPSA) is 139 Å². The maximum absolute atomic E-state index is 10.5. The first-order valence-corrected chi connectivity index (χ1v) is 6.12. The molecule has 1 aliphatic rings. The molecule has 5 N–H and O–H groups in total. The summed E-state index contributed by atoms with van der Waals surface area (Å²) in [6, 6.07) is -0.953. The van der Waals surface area contributed by atoms with E-state index < -0.39 is 24.3 Å². The van der Waals surface area contributed by atoms with Crippen molar-refractivity contribution in [3.8, 4) is 0 Å². The van der Waals surface area contributed by atoms with Gasteiger partial charge in [-0.25, -0.2) is 15.0 Å². The van der Waals surface area contributed by atoms with Crippen molar-refractivity contribution in [2.75, 3.05) is 5.73 Å². The zero-order valence-corrected chi connectivity index (χ0v) is 10.4. The molecule has 3 rings (SSSR count). The van der Waals surface area contributed by atoms with Gasteiger partial charge in [0, 0.05) is 0 Å². The molecule has 0 spiro atoms. The zero-order valence-electron chi connectivity index (χ0n) is 10.4. The second-order valence-corrected chi connectivity index (χ2v) is 4.76. The molecule has 2 aromatic rings. The van der Waals surface area contributed by atoms with Crippen molar-refractivity contribution in [3.63, 3.8) is 0 Å². The highest BCUT2D eigenvalue weighted by atomic mass is 16.3. The first kappa shape index (κ1) is 12.8. The summed E-state index contributed by atoms with van der Waals surface area (Å²) < 4.78 is 1.65. The lowest BCUT2D eigenvalue weighted by Crippen LogP contribution is -2.39. The summed E-state index contributed by atoms with van der Waals surface area (Å²) in [6.45, 7) is 0. The molecule has 0 bridgehead atoms. The second kappa shape index (κ2) is 4.69. The Morgan fingerprint density at radius 2 is 2.15 bits per heavy atom. The third-order valence-electron chi connectivity index (χ3n) is 3.68. The number of fused-ring (bicyclic) bond motifs is 1. The number of hydrogen-bond acceptors (Lipinski definition) is 7. The molecule has 0 radical (unpaired) electrons. The summed E-state index contributed by atoms with van der Waals surface area (Å²) in [4.78, 5) is 22.6. The minimum Gasteiger partial charge on any atom is -0.388 e. The monoisotopic (exact) mass is 278 g/mol. The lowest BCUT2D eigenvalue weighted by molar-refractivity contribution is -0.111. The lowest BCUT2D eigenvalue weighted by atomic mass is 10.2. The van der Waals surface area contributed by atoms with Gasteiger partial charge in [0.1, 0.15) is 24.1 Å². The number of rotatable bonds is 3. The van der Waals surface area contributed by atoms with Gasteiger partial charge in [0.2, 0.25) is 6.41 Å². The van der Waals surface area contributed by atoms with E-state index in [0.29, 0.717) is 24.0 Å². The third-order valence-corrected chi connectivity index (χ3v) is 3.68. The van der Waals surface area contributed by atoms with Crippen LogP contribution in [0.15, 0.2) is 12.7 Å². The van der Waals surface area contributed by atoms with E-state index >= 15 is 0 Å². The molecule has 2 aromatic heterocycles. The van der Waals surface area contributed by atoms with E-state index in [4.69, 9.17) is 5.73 Å². The summed E-state index contributed by atoms with van der Waals surface area (Å²) in [5, 5.41) is 22.5. The van der Waals surface area contributed by atoms with Crippen molar-refractivity contribution in [2.24, 2.45) is 0 Å². The summed E-state index contributed by atoms with van der Waals surface area (Å²) in [7, 11) is 0. The van der Waals surface area contributed by atoms with Gasteiger partial charge in [-0.3, -0.25) is 4.79 Å². The molecule has 0 aliphatic heterocycles. The van der Waals surface area contributed by atoms with Crippen LogP contribution in [0.1, 0.15) is 12.5 Å². The predicted molar refractivity (Wildman–Crippen MR) is 68.4 cm³/mol. The molecule has 2 heterocycles. The summed E-state index contributed by atoms with van der Waals surface area (Å²) in [6.07, 6.45) is 1.63. The SMILES string of the molecule is Nc1ncnc2c1ncn2[C@@H]1C[C@H](NC=O)[C@@H](O)[C@H]1O. The Morgan fingerprint density at radius 1 is 1.35 bits per heavy atom. The standard InChI is InChI=1S/C11H14N6O3/c12-10-7-11(14-2-13-10)17(3-15-7)6-1-5(16-4-18)8(19)9(6)20/h2-6,8-9,19-20H,1H2,(H,16,18)(H2,12,13,14)/t5-,6+,8+,9-/m0/s1. The summed E-state index contributed by atoms with van der Waals surface area (Å²) in [5.41, 5.74) is 6.64. The van der Waals surface area contributed by atoms with E-state index in [-0.39, 0.29) is 5.82 Å². The lowest BCUT2D eigenvalue weighted by Gasteiger charge is -2.17. The van der Waals surface area contributed by atoms with Crippen LogP contribution in [-0.4, -0.2) is 54.4 Å². The molecule has 0 unspecified atom stereocenters. The van der Waals surface area contributed by atoms with Gasteiger partial charge < -0.3 is 25.8 Å². The van der Waals surface area contributed by atoms with E-state index in [0.717, 1.165) is 0 Å². The number of nitrogen functional groups attached to an aromatic ring is 1. The van der Waals surface area contributed by atoms with Crippen molar-refractivity contribution in [3.05, 3.63) is 12.7 Å². The number of nitrogens with two attached hydrogens (primary N) is 1. The highest BCUT2D eigenvalue weighted by Gasteiger charge is 2.42. The third kappa shape index (κ3) is 1.79. The van der Waals surface area contributed by atoms with Crippen LogP contribution in [0.4, 0.5) is 5.82 Å². The molecule has 9 heteroatoms. The maximum Gasteiger partial charge on any atom is 0.207 e. The molecule has 20 heavy (non-hydrogen) atoms. The molecule has 4 atom stereocenters. The van der Waals surface area contributed by atoms with Crippen LogP contribution in [0.2, 0.25) is 0 Å². The van der Waals surface area contributed by atoms with E-state index in [9.17, 15) is 15.0 Å².